The third kappa shape index (κ3) is 2.13. The molecule has 0 spiro atoms. The summed E-state index contributed by atoms with van der Waals surface area (Å²) in [5, 5.41) is 4.03. The van der Waals surface area contributed by atoms with E-state index in [2.05, 4.69) is 10.1 Å². The first-order chi connectivity index (χ1) is 9.65. The standard InChI is InChI=1S/C13H10F2N4O/c14-11-1-2-12(16)13(15)10(11)6-20-9-3-8-4-17-7-19(8)18-5-9/h1-5,7H,6,16H2. The van der Waals surface area contributed by atoms with Gasteiger partial charge in [0.2, 0.25) is 0 Å². The second-order valence-electron chi connectivity index (χ2n) is 4.17. The lowest BCUT2D eigenvalue weighted by atomic mass is 10.2. The van der Waals surface area contributed by atoms with Gasteiger partial charge in [0.05, 0.1) is 29.2 Å². The second-order valence-corrected chi connectivity index (χ2v) is 4.17. The summed E-state index contributed by atoms with van der Waals surface area (Å²) in [5.41, 5.74) is 5.79. The van der Waals surface area contributed by atoms with E-state index < -0.39 is 11.6 Å². The third-order valence-electron chi connectivity index (χ3n) is 2.85. The number of ether oxygens (including phenoxy) is 1. The Morgan fingerprint density at radius 2 is 2.10 bits per heavy atom. The van der Waals surface area contributed by atoms with E-state index in [9.17, 15) is 8.78 Å². The summed E-state index contributed by atoms with van der Waals surface area (Å²) in [7, 11) is 0. The molecule has 3 aromatic rings. The first kappa shape index (κ1) is 12.3. The van der Waals surface area contributed by atoms with Crippen LogP contribution in [0.2, 0.25) is 0 Å². The largest absolute Gasteiger partial charge is 0.487 e. The molecule has 2 N–H and O–H groups in total. The van der Waals surface area contributed by atoms with E-state index in [-0.39, 0.29) is 17.9 Å². The van der Waals surface area contributed by atoms with Crippen molar-refractivity contribution < 1.29 is 13.5 Å². The van der Waals surface area contributed by atoms with Crippen LogP contribution >= 0.6 is 0 Å². The molecule has 20 heavy (non-hydrogen) atoms. The SMILES string of the molecule is Nc1ccc(F)c(COc2cnn3cncc3c2)c1F. The van der Waals surface area contributed by atoms with Crippen molar-refractivity contribution in [2.45, 2.75) is 6.61 Å². The Labute approximate surface area is 112 Å². The summed E-state index contributed by atoms with van der Waals surface area (Å²) in [6.45, 7) is -0.269. The van der Waals surface area contributed by atoms with Crippen molar-refractivity contribution in [2.75, 3.05) is 5.73 Å². The molecule has 0 saturated heterocycles. The topological polar surface area (TPSA) is 65.4 Å². The highest BCUT2D eigenvalue weighted by Gasteiger charge is 2.13. The molecule has 3 rings (SSSR count). The number of nitrogens with zero attached hydrogens (tertiary/aromatic N) is 3. The predicted molar refractivity (Wildman–Crippen MR) is 68.1 cm³/mol. The molecule has 0 bridgehead atoms. The van der Waals surface area contributed by atoms with E-state index in [1.165, 1.54) is 18.6 Å². The quantitative estimate of drug-likeness (QED) is 0.744. The molecule has 1 aromatic carbocycles. The van der Waals surface area contributed by atoms with Gasteiger partial charge in [0.1, 0.15) is 24.5 Å². The Balaban J connectivity index is 1.84. The maximum absolute atomic E-state index is 13.7. The number of halogens is 2. The zero-order valence-corrected chi connectivity index (χ0v) is 10.3. The molecule has 0 amide bonds. The van der Waals surface area contributed by atoms with Crippen molar-refractivity contribution in [1.82, 2.24) is 14.6 Å². The number of rotatable bonds is 3. The molecule has 7 heteroatoms. The Morgan fingerprint density at radius 3 is 2.95 bits per heavy atom. The monoisotopic (exact) mass is 276 g/mol. The smallest absolute Gasteiger partial charge is 0.155 e. The predicted octanol–water partition coefficient (Wildman–Crippen LogP) is 2.17. The third-order valence-corrected chi connectivity index (χ3v) is 2.85. The normalized spacial score (nSPS) is 10.9. The molecule has 0 aliphatic carbocycles. The second kappa shape index (κ2) is 4.76. The van der Waals surface area contributed by atoms with Crippen molar-refractivity contribution in [2.24, 2.45) is 0 Å². The van der Waals surface area contributed by atoms with E-state index in [0.717, 1.165) is 11.6 Å². The van der Waals surface area contributed by atoms with Gasteiger partial charge in [0.25, 0.3) is 0 Å². The van der Waals surface area contributed by atoms with Crippen LogP contribution in [0, 0.1) is 11.6 Å². The average molecular weight is 276 g/mol. The number of imidazole rings is 1. The van der Waals surface area contributed by atoms with Gasteiger partial charge in [-0.25, -0.2) is 18.3 Å². The van der Waals surface area contributed by atoms with Crippen LogP contribution < -0.4 is 10.5 Å². The molecule has 0 fully saturated rings. The van der Waals surface area contributed by atoms with Crippen LogP contribution in [0.15, 0.2) is 36.9 Å². The van der Waals surface area contributed by atoms with Crippen LogP contribution in [0.25, 0.3) is 5.52 Å². The number of hydrogen-bond acceptors (Lipinski definition) is 4. The summed E-state index contributed by atoms with van der Waals surface area (Å²) in [5.74, 6) is -1.11. The highest BCUT2D eigenvalue weighted by Crippen LogP contribution is 2.21. The van der Waals surface area contributed by atoms with Gasteiger partial charge in [-0.2, -0.15) is 5.10 Å². The van der Waals surface area contributed by atoms with Gasteiger partial charge < -0.3 is 10.5 Å². The zero-order chi connectivity index (χ0) is 14.1. The molecule has 2 heterocycles. The maximum Gasteiger partial charge on any atom is 0.155 e. The van der Waals surface area contributed by atoms with Crippen LogP contribution in [0.5, 0.6) is 5.75 Å². The number of nitrogen functional groups attached to an aromatic ring is 1. The van der Waals surface area contributed by atoms with Gasteiger partial charge >= 0.3 is 0 Å². The van der Waals surface area contributed by atoms with Crippen LogP contribution in [0.4, 0.5) is 14.5 Å². The summed E-state index contributed by atoms with van der Waals surface area (Å²) in [4.78, 5) is 3.91. The van der Waals surface area contributed by atoms with E-state index in [1.807, 2.05) is 0 Å². The maximum atomic E-state index is 13.7. The minimum atomic E-state index is -0.802. The molecule has 5 nitrogen and oxygen atoms in total. The van der Waals surface area contributed by atoms with Crippen molar-refractivity contribution in [3.8, 4) is 5.75 Å². The molecule has 0 aliphatic rings. The lowest BCUT2D eigenvalue weighted by Gasteiger charge is -2.09. The number of aromatic nitrogens is 3. The van der Waals surface area contributed by atoms with E-state index in [1.54, 1.807) is 16.8 Å². The minimum Gasteiger partial charge on any atom is -0.487 e. The number of anilines is 1. The van der Waals surface area contributed by atoms with Gasteiger partial charge in [-0.15, -0.1) is 0 Å². The Kier molecular flexibility index (Phi) is 2.94. The fraction of sp³-hybridized carbons (Fsp3) is 0.0769. The van der Waals surface area contributed by atoms with Gasteiger partial charge in [0.15, 0.2) is 5.82 Å². The van der Waals surface area contributed by atoms with Crippen molar-refractivity contribution in [1.29, 1.82) is 0 Å². The van der Waals surface area contributed by atoms with Gasteiger partial charge in [-0.3, -0.25) is 0 Å². The van der Waals surface area contributed by atoms with Crippen LogP contribution in [-0.4, -0.2) is 14.6 Å². The average Bonchev–Trinajstić information content (AvgIpc) is 2.90. The summed E-state index contributed by atoms with van der Waals surface area (Å²) in [6, 6.07) is 3.95. The van der Waals surface area contributed by atoms with Crippen molar-refractivity contribution in [3.05, 3.63) is 54.1 Å². The summed E-state index contributed by atoms with van der Waals surface area (Å²) >= 11 is 0. The van der Waals surface area contributed by atoms with Crippen LogP contribution in [0.1, 0.15) is 5.56 Å². The first-order valence-electron chi connectivity index (χ1n) is 5.78. The minimum absolute atomic E-state index is 0.116. The fourth-order valence-corrected chi connectivity index (χ4v) is 1.78. The number of fused-ring (bicyclic) bond motifs is 1. The van der Waals surface area contributed by atoms with Gasteiger partial charge in [0, 0.05) is 6.07 Å². The molecule has 0 unspecified atom stereocenters. The van der Waals surface area contributed by atoms with Crippen LogP contribution in [-0.2, 0) is 6.61 Å². The summed E-state index contributed by atoms with van der Waals surface area (Å²) < 4.78 is 34.1. The lowest BCUT2D eigenvalue weighted by Crippen LogP contribution is -2.05. The van der Waals surface area contributed by atoms with Gasteiger partial charge in [-0.05, 0) is 12.1 Å². The molecule has 2 aromatic heterocycles. The number of nitrogens with two attached hydrogens (primary N) is 1. The van der Waals surface area contributed by atoms with Crippen molar-refractivity contribution in [3.63, 3.8) is 0 Å². The Morgan fingerprint density at radius 1 is 1.25 bits per heavy atom. The molecular weight excluding hydrogens is 266 g/mol. The Hall–Kier alpha value is -2.70. The zero-order valence-electron chi connectivity index (χ0n) is 10.3. The van der Waals surface area contributed by atoms with E-state index in [0.29, 0.717) is 5.75 Å². The van der Waals surface area contributed by atoms with Gasteiger partial charge in [-0.1, -0.05) is 0 Å². The van der Waals surface area contributed by atoms with E-state index >= 15 is 0 Å². The van der Waals surface area contributed by atoms with Crippen molar-refractivity contribution >= 4 is 11.2 Å². The molecule has 0 atom stereocenters. The molecular formula is C13H10F2N4O. The molecule has 0 radical (unpaired) electrons. The van der Waals surface area contributed by atoms with E-state index in [4.69, 9.17) is 10.5 Å². The van der Waals surface area contributed by atoms with Crippen LogP contribution in [0.3, 0.4) is 0 Å². The highest BCUT2D eigenvalue weighted by molar-refractivity contribution is 5.47. The highest BCUT2D eigenvalue weighted by atomic mass is 19.1. The molecule has 0 saturated carbocycles. The summed E-state index contributed by atoms with van der Waals surface area (Å²) in [6.07, 6.45) is 4.58. The Bertz CT molecular complexity index is 772. The first-order valence-corrected chi connectivity index (χ1v) is 5.78. The molecule has 102 valence electrons. The molecule has 0 aliphatic heterocycles. The lowest BCUT2D eigenvalue weighted by molar-refractivity contribution is 0.291. The fourth-order valence-electron chi connectivity index (χ4n) is 1.78. The number of hydrogen-bond donors (Lipinski definition) is 1. The number of benzene rings is 1.